The molecule has 1 aliphatic heterocycles. The highest BCUT2D eigenvalue weighted by atomic mass is 15.2. The summed E-state index contributed by atoms with van der Waals surface area (Å²) >= 11 is 0. The smallest absolute Gasteiger partial charge is 0.192 e. The molecule has 4 heteroatoms. The van der Waals surface area contributed by atoms with Crippen LogP contribution in [0.25, 0.3) is 0 Å². The fourth-order valence-corrected chi connectivity index (χ4v) is 2.80. The first kappa shape index (κ1) is 16.4. The minimum absolute atomic E-state index is 0.504. The summed E-state index contributed by atoms with van der Waals surface area (Å²) in [5.41, 5.74) is 1.37. The maximum absolute atomic E-state index is 5.30. The van der Waals surface area contributed by atoms with Gasteiger partial charge in [-0.3, -0.25) is 9.89 Å². The van der Waals surface area contributed by atoms with Gasteiger partial charge in [-0.05, 0) is 31.9 Å². The molecule has 4 nitrogen and oxygen atoms in total. The van der Waals surface area contributed by atoms with E-state index in [0.29, 0.717) is 12.6 Å². The molecule has 1 heterocycles. The molecule has 0 bridgehead atoms. The summed E-state index contributed by atoms with van der Waals surface area (Å²) in [6, 6.07) is 11.2. The lowest BCUT2D eigenvalue weighted by Gasteiger charge is -2.23. The fraction of sp³-hybridized carbons (Fsp3) is 0.500. The molecule has 1 atom stereocenters. The van der Waals surface area contributed by atoms with Crippen molar-refractivity contribution in [2.45, 2.75) is 32.4 Å². The van der Waals surface area contributed by atoms with E-state index in [9.17, 15) is 0 Å². The first-order chi connectivity index (χ1) is 10.8. The number of hydrogen-bond donors (Lipinski definition) is 2. The van der Waals surface area contributed by atoms with E-state index in [1.54, 1.807) is 0 Å². The minimum Gasteiger partial charge on any atom is -0.357 e. The molecule has 1 aromatic carbocycles. The van der Waals surface area contributed by atoms with Crippen molar-refractivity contribution in [3.05, 3.63) is 35.9 Å². The molecule has 1 saturated heterocycles. The molecule has 0 radical (unpaired) electrons. The molecule has 0 aliphatic carbocycles. The molecule has 2 N–H and O–H groups in total. The number of benzene rings is 1. The van der Waals surface area contributed by atoms with Crippen molar-refractivity contribution in [2.75, 3.05) is 26.2 Å². The number of hydrogen-bond acceptors (Lipinski definition) is 2. The maximum Gasteiger partial charge on any atom is 0.192 e. The van der Waals surface area contributed by atoms with Crippen LogP contribution in [0.15, 0.2) is 35.3 Å². The summed E-state index contributed by atoms with van der Waals surface area (Å²) in [6.45, 7) is 6.38. The largest absolute Gasteiger partial charge is 0.357 e. The van der Waals surface area contributed by atoms with Crippen molar-refractivity contribution in [2.24, 2.45) is 4.99 Å². The van der Waals surface area contributed by atoms with E-state index in [4.69, 9.17) is 6.42 Å². The number of nitrogens with zero attached hydrogens (tertiary/aromatic N) is 2. The van der Waals surface area contributed by atoms with Crippen molar-refractivity contribution in [3.8, 4) is 12.3 Å². The third kappa shape index (κ3) is 5.09. The standard InChI is InChI=1S/C18H26N4/c1-3-12-20-18(19-4-2)21-14-17-11-8-13-22(17)15-16-9-6-5-7-10-16/h1,5-7,9-10,17H,4,8,11-15H2,2H3,(H2,19,20,21). The molecule has 1 aromatic rings. The second-order valence-electron chi connectivity index (χ2n) is 5.53. The van der Waals surface area contributed by atoms with Crippen LogP contribution in [-0.2, 0) is 6.54 Å². The molecular formula is C18H26N4. The van der Waals surface area contributed by atoms with Gasteiger partial charge in [-0.2, -0.15) is 0 Å². The Hall–Kier alpha value is -1.99. The Labute approximate surface area is 134 Å². The van der Waals surface area contributed by atoms with Gasteiger partial charge in [0.15, 0.2) is 5.96 Å². The monoisotopic (exact) mass is 298 g/mol. The fourth-order valence-electron chi connectivity index (χ4n) is 2.80. The molecule has 2 rings (SSSR count). The van der Waals surface area contributed by atoms with Crippen LogP contribution >= 0.6 is 0 Å². The first-order valence-electron chi connectivity index (χ1n) is 8.07. The Kier molecular flexibility index (Phi) is 6.79. The van der Waals surface area contributed by atoms with E-state index in [0.717, 1.165) is 32.1 Å². The van der Waals surface area contributed by atoms with E-state index < -0.39 is 0 Å². The van der Waals surface area contributed by atoms with Gasteiger partial charge < -0.3 is 10.6 Å². The van der Waals surface area contributed by atoms with Crippen LogP contribution in [0.5, 0.6) is 0 Å². The van der Waals surface area contributed by atoms with E-state index in [1.807, 2.05) is 0 Å². The van der Waals surface area contributed by atoms with Crippen molar-refractivity contribution >= 4 is 5.96 Å². The van der Waals surface area contributed by atoms with Crippen molar-refractivity contribution in [3.63, 3.8) is 0 Å². The van der Waals surface area contributed by atoms with E-state index in [-0.39, 0.29) is 0 Å². The summed E-state index contributed by atoms with van der Waals surface area (Å²) in [6.07, 6.45) is 7.76. The lowest BCUT2D eigenvalue weighted by Crippen LogP contribution is -2.39. The Morgan fingerprint density at radius 1 is 1.36 bits per heavy atom. The van der Waals surface area contributed by atoms with Gasteiger partial charge in [0.1, 0.15) is 0 Å². The Morgan fingerprint density at radius 3 is 2.91 bits per heavy atom. The lowest BCUT2D eigenvalue weighted by molar-refractivity contribution is 0.250. The average molecular weight is 298 g/mol. The van der Waals surface area contributed by atoms with E-state index >= 15 is 0 Å². The normalized spacial score (nSPS) is 18.9. The highest BCUT2D eigenvalue weighted by Gasteiger charge is 2.24. The van der Waals surface area contributed by atoms with Crippen LogP contribution in [0.4, 0.5) is 0 Å². The second kappa shape index (κ2) is 9.11. The lowest BCUT2D eigenvalue weighted by atomic mass is 10.2. The van der Waals surface area contributed by atoms with E-state index in [1.165, 1.54) is 18.4 Å². The van der Waals surface area contributed by atoms with Crippen LogP contribution in [0.3, 0.4) is 0 Å². The summed E-state index contributed by atoms with van der Waals surface area (Å²) in [7, 11) is 0. The second-order valence-corrected chi connectivity index (χ2v) is 5.53. The molecule has 1 unspecified atom stereocenters. The van der Waals surface area contributed by atoms with Gasteiger partial charge in [0.05, 0.1) is 13.1 Å². The summed E-state index contributed by atoms with van der Waals surface area (Å²) in [4.78, 5) is 7.21. The Balaban J connectivity index is 1.91. The number of rotatable bonds is 6. The molecule has 0 spiro atoms. The van der Waals surface area contributed by atoms with Crippen LogP contribution in [0.1, 0.15) is 25.3 Å². The predicted molar refractivity (Wildman–Crippen MR) is 92.7 cm³/mol. The van der Waals surface area contributed by atoms with Crippen LogP contribution in [0.2, 0.25) is 0 Å². The van der Waals surface area contributed by atoms with Gasteiger partial charge in [0.25, 0.3) is 0 Å². The predicted octanol–water partition coefficient (Wildman–Crippen LogP) is 1.84. The first-order valence-corrected chi connectivity index (χ1v) is 8.07. The quantitative estimate of drug-likeness (QED) is 0.478. The highest BCUT2D eigenvalue weighted by molar-refractivity contribution is 5.80. The van der Waals surface area contributed by atoms with Crippen LogP contribution in [0, 0.1) is 12.3 Å². The van der Waals surface area contributed by atoms with Crippen molar-refractivity contribution < 1.29 is 0 Å². The minimum atomic E-state index is 0.504. The number of guanidine groups is 1. The van der Waals surface area contributed by atoms with Crippen molar-refractivity contribution in [1.82, 2.24) is 15.5 Å². The zero-order valence-corrected chi connectivity index (χ0v) is 13.4. The zero-order chi connectivity index (χ0) is 15.6. The van der Waals surface area contributed by atoms with Gasteiger partial charge in [-0.1, -0.05) is 36.3 Å². The topological polar surface area (TPSA) is 39.7 Å². The number of terminal acetylenes is 1. The van der Waals surface area contributed by atoms with Gasteiger partial charge in [-0.15, -0.1) is 6.42 Å². The molecule has 0 amide bonds. The molecule has 1 aliphatic rings. The third-order valence-electron chi connectivity index (χ3n) is 3.89. The summed E-state index contributed by atoms with van der Waals surface area (Å²) < 4.78 is 0. The van der Waals surface area contributed by atoms with E-state index in [2.05, 4.69) is 63.7 Å². The molecule has 0 aromatic heterocycles. The number of aliphatic imine (C=N–C) groups is 1. The molecular weight excluding hydrogens is 272 g/mol. The van der Waals surface area contributed by atoms with Gasteiger partial charge in [0, 0.05) is 19.1 Å². The SMILES string of the molecule is C#CCNC(=NCC1CCCN1Cc1ccccc1)NCC. The maximum atomic E-state index is 5.30. The van der Waals surface area contributed by atoms with Gasteiger partial charge in [0.2, 0.25) is 0 Å². The molecule has 22 heavy (non-hydrogen) atoms. The van der Waals surface area contributed by atoms with Crippen LogP contribution < -0.4 is 10.6 Å². The summed E-state index contributed by atoms with van der Waals surface area (Å²) in [5.74, 6) is 3.40. The number of likely N-dealkylation sites (tertiary alicyclic amines) is 1. The van der Waals surface area contributed by atoms with Gasteiger partial charge >= 0.3 is 0 Å². The van der Waals surface area contributed by atoms with Crippen LogP contribution in [-0.4, -0.2) is 43.1 Å². The molecule has 1 fully saturated rings. The highest BCUT2D eigenvalue weighted by Crippen LogP contribution is 2.20. The number of nitrogens with one attached hydrogen (secondary N) is 2. The average Bonchev–Trinajstić information content (AvgIpc) is 2.98. The molecule has 0 saturated carbocycles. The third-order valence-corrected chi connectivity index (χ3v) is 3.89. The Bertz CT molecular complexity index is 504. The zero-order valence-electron chi connectivity index (χ0n) is 13.4. The van der Waals surface area contributed by atoms with Gasteiger partial charge in [-0.25, -0.2) is 0 Å². The van der Waals surface area contributed by atoms with Crippen molar-refractivity contribution in [1.29, 1.82) is 0 Å². The summed E-state index contributed by atoms with van der Waals surface area (Å²) in [5, 5.41) is 6.37. The molecule has 118 valence electrons. The Morgan fingerprint density at radius 2 is 2.18 bits per heavy atom.